The fourth-order valence-electron chi connectivity index (χ4n) is 2.15. The number of nitrogens with zero attached hydrogens (tertiary/aromatic N) is 1. The number of hydrogen-bond acceptors (Lipinski definition) is 4. The molecule has 1 aromatic heterocycles. The van der Waals surface area contributed by atoms with Crippen LogP contribution in [0, 0.1) is 0 Å². The maximum absolute atomic E-state index is 11.7. The van der Waals surface area contributed by atoms with Gasteiger partial charge in [-0.15, -0.1) is 0 Å². The molecule has 0 aliphatic carbocycles. The van der Waals surface area contributed by atoms with Gasteiger partial charge in [-0.3, -0.25) is 4.79 Å². The topological polar surface area (TPSA) is 67.0 Å². The summed E-state index contributed by atoms with van der Waals surface area (Å²) < 4.78 is 5.12. The maximum atomic E-state index is 11.7. The average Bonchev–Trinajstić information content (AvgIpc) is 2.46. The van der Waals surface area contributed by atoms with Crippen LogP contribution in [-0.4, -0.2) is 22.6 Å². The van der Waals surface area contributed by atoms with E-state index in [4.69, 9.17) is 4.74 Å². The second kappa shape index (κ2) is 6.43. The van der Waals surface area contributed by atoms with Crippen LogP contribution in [0.25, 0.3) is 0 Å². The molecular weight excluding hydrogens is 266 g/mol. The number of H-pyrrole nitrogens is 1. The molecule has 5 nitrogen and oxygen atoms in total. The summed E-state index contributed by atoms with van der Waals surface area (Å²) in [6.45, 7) is 4.16. The van der Waals surface area contributed by atoms with Crippen LogP contribution >= 0.6 is 0 Å². The lowest BCUT2D eigenvalue weighted by Crippen LogP contribution is -2.33. The van der Waals surface area contributed by atoms with Gasteiger partial charge in [-0.2, -0.15) is 0 Å². The van der Waals surface area contributed by atoms with Crippen LogP contribution < -0.4 is 15.6 Å². The Morgan fingerprint density at radius 3 is 2.67 bits per heavy atom. The van der Waals surface area contributed by atoms with Gasteiger partial charge in [0.15, 0.2) is 5.82 Å². The van der Waals surface area contributed by atoms with E-state index in [0.717, 1.165) is 12.8 Å². The molecule has 2 rings (SSSR count). The standard InChI is InChI=1S/C16H21N3O2/c1-16(2,10-9-12-7-5-4-6-8-12)19-14-13(21-3)15(20)18-11-17-14/h4-8,11H,9-10H2,1-3H3,(H2,17,18,19,20). The lowest BCUT2D eigenvalue weighted by molar-refractivity contribution is 0.404. The van der Waals surface area contributed by atoms with E-state index >= 15 is 0 Å². The monoisotopic (exact) mass is 287 g/mol. The number of aromatic nitrogens is 2. The normalized spacial score (nSPS) is 11.2. The van der Waals surface area contributed by atoms with Crippen LogP contribution in [0.4, 0.5) is 5.82 Å². The number of anilines is 1. The van der Waals surface area contributed by atoms with Crippen molar-refractivity contribution in [2.45, 2.75) is 32.2 Å². The van der Waals surface area contributed by atoms with Crippen molar-refractivity contribution in [2.24, 2.45) is 0 Å². The van der Waals surface area contributed by atoms with Gasteiger partial charge >= 0.3 is 0 Å². The van der Waals surface area contributed by atoms with Gasteiger partial charge in [0, 0.05) is 5.54 Å². The van der Waals surface area contributed by atoms with Gasteiger partial charge in [-0.25, -0.2) is 4.98 Å². The SMILES string of the molecule is COc1c(NC(C)(C)CCc2ccccc2)nc[nH]c1=O. The summed E-state index contributed by atoms with van der Waals surface area (Å²) in [4.78, 5) is 18.3. The van der Waals surface area contributed by atoms with E-state index in [2.05, 4.69) is 41.3 Å². The second-order valence-electron chi connectivity index (χ2n) is 5.61. The Labute approximate surface area is 124 Å². The molecule has 5 heteroatoms. The molecule has 0 aliphatic heterocycles. The van der Waals surface area contributed by atoms with Gasteiger partial charge in [-0.1, -0.05) is 30.3 Å². The number of aromatic amines is 1. The Morgan fingerprint density at radius 2 is 2.00 bits per heavy atom. The third-order valence-corrected chi connectivity index (χ3v) is 3.35. The molecule has 0 spiro atoms. The number of ether oxygens (including phenoxy) is 1. The van der Waals surface area contributed by atoms with Gasteiger partial charge in [0.1, 0.15) is 0 Å². The van der Waals surface area contributed by atoms with Crippen molar-refractivity contribution >= 4 is 5.82 Å². The first kappa shape index (κ1) is 15.1. The lowest BCUT2D eigenvalue weighted by atomic mass is 9.95. The number of benzene rings is 1. The van der Waals surface area contributed by atoms with Crippen LogP contribution in [0.3, 0.4) is 0 Å². The van der Waals surface area contributed by atoms with Crippen LogP contribution in [0.1, 0.15) is 25.8 Å². The molecule has 0 bridgehead atoms. The van der Waals surface area contributed by atoms with Crippen molar-refractivity contribution in [3.8, 4) is 5.75 Å². The zero-order valence-electron chi connectivity index (χ0n) is 12.6. The maximum Gasteiger partial charge on any atom is 0.295 e. The molecule has 1 aromatic carbocycles. The minimum absolute atomic E-state index is 0.204. The van der Waals surface area contributed by atoms with E-state index in [1.54, 1.807) is 0 Å². The van der Waals surface area contributed by atoms with E-state index in [-0.39, 0.29) is 16.8 Å². The third kappa shape index (κ3) is 4.08. The molecule has 0 unspecified atom stereocenters. The molecule has 0 atom stereocenters. The Kier molecular flexibility index (Phi) is 4.62. The highest BCUT2D eigenvalue weighted by molar-refractivity contribution is 5.49. The van der Waals surface area contributed by atoms with Gasteiger partial charge < -0.3 is 15.0 Å². The molecule has 2 aromatic rings. The van der Waals surface area contributed by atoms with E-state index in [1.165, 1.54) is 19.0 Å². The summed E-state index contributed by atoms with van der Waals surface area (Å²) in [5, 5.41) is 3.29. The first-order valence-electron chi connectivity index (χ1n) is 6.95. The zero-order chi connectivity index (χ0) is 15.3. The van der Waals surface area contributed by atoms with Crippen molar-refractivity contribution in [3.05, 3.63) is 52.6 Å². The fraction of sp³-hybridized carbons (Fsp3) is 0.375. The van der Waals surface area contributed by atoms with Gasteiger partial charge in [-0.05, 0) is 32.3 Å². The zero-order valence-corrected chi connectivity index (χ0v) is 12.6. The van der Waals surface area contributed by atoms with Gasteiger partial charge in [0.25, 0.3) is 5.56 Å². The highest BCUT2D eigenvalue weighted by Gasteiger charge is 2.21. The minimum Gasteiger partial charge on any atom is -0.489 e. The van der Waals surface area contributed by atoms with Crippen LogP contribution in [0.2, 0.25) is 0 Å². The Balaban J connectivity index is 2.07. The molecule has 21 heavy (non-hydrogen) atoms. The summed E-state index contributed by atoms with van der Waals surface area (Å²) in [7, 11) is 1.47. The molecule has 0 fully saturated rings. The van der Waals surface area contributed by atoms with E-state index in [1.807, 2.05) is 18.2 Å². The molecule has 1 heterocycles. The molecule has 112 valence electrons. The predicted octanol–water partition coefficient (Wildman–Crippen LogP) is 2.60. The summed E-state index contributed by atoms with van der Waals surface area (Å²) in [6.07, 6.45) is 3.24. The number of hydrogen-bond donors (Lipinski definition) is 2. The molecular formula is C16H21N3O2. The quantitative estimate of drug-likeness (QED) is 0.857. The molecule has 0 amide bonds. The molecule has 2 N–H and O–H groups in total. The highest BCUT2D eigenvalue weighted by Crippen LogP contribution is 2.23. The fourth-order valence-corrected chi connectivity index (χ4v) is 2.15. The van der Waals surface area contributed by atoms with Crippen LogP contribution in [-0.2, 0) is 6.42 Å². The van der Waals surface area contributed by atoms with Crippen molar-refractivity contribution in [1.82, 2.24) is 9.97 Å². The van der Waals surface area contributed by atoms with E-state index in [9.17, 15) is 4.79 Å². The van der Waals surface area contributed by atoms with Crippen molar-refractivity contribution in [2.75, 3.05) is 12.4 Å². The van der Waals surface area contributed by atoms with E-state index in [0.29, 0.717) is 5.82 Å². The molecule has 0 radical (unpaired) electrons. The smallest absolute Gasteiger partial charge is 0.295 e. The number of aryl methyl sites for hydroxylation is 1. The van der Waals surface area contributed by atoms with Gasteiger partial charge in [0.05, 0.1) is 13.4 Å². The van der Waals surface area contributed by atoms with Crippen molar-refractivity contribution in [1.29, 1.82) is 0 Å². The number of methoxy groups -OCH3 is 1. The summed E-state index contributed by atoms with van der Waals surface area (Å²) in [5.41, 5.74) is 0.802. The largest absolute Gasteiger partial charge is 0.489 e. The molecule has 0 aliphatic rings. The Bertz CT molecular complexity index is 635. The Morgan fingerprint density at radius 1 is 1.29 bits per heavy atom. The van der Waals surface area contributed by atoms with Crippen molar-refractivity contribution in [3.63, 3.8) is 0 Å². The van der Waals surface area contributed by atoms with Crippen molar-refractivity contribution < 1.29 is 4.74 Å². The molecule has 0 saturated heterocycles. The Hall–Kier alpha value is -2.30. The minimum atomic E-state index is -0.283. The summed E-state index contributed by atoms with van der Waals surface area (Å²) in [6, 6.07) is 10.3. The molecule has 0 saturated carbocycles. The lowest BCUT2D eigenvalue weighted by Gasteiger charge is -2.27. The number of rotatable bonds is 6. The second-order valence-corrected chi connectivity index (χ2v) is 5.61. The number of nitrogens with one attached hydrogen (secondary N) is 2. The third-order valence-electron chi connectivity index (χ3n) is 3.35. The average molecular weight is 287 g/mol. The summed E-state index contributed by atoms with van der Waals surface area (Å²) >= 11 is 0. The summed E-state index contributed by atoms with van der Waals surface area (Å²) in [5.74, 6) is 0.685. The first-order chi connectivity index (χ1) is 10.0. The van der Waals surface area contributed by atoms with Crippen LogP contribution in [0.5, 0.6) is 5.75 Å². The predicted molar refractivity (Wildman–Crippen MR) is 83.9 cm³/mol. The first-order valence-corrected chi connectivity index (χ1v) is 6.95. The highest BCUT2D eigenvalue weighted by atomic mass is 16.5. The van der Waals surface area contributed by atoms with E-state index < -0.39 is 0 Å². The van der Waals surface area contributed by atoms with Crippen LogP contribution in [0.15, 0.2) is 41.5 Å². The van der Waals surface area contributed by atoms with Gasteiger partial charge in [0.2, 0.25) is 5.75 Å².